The number of benzene rings is 1. The number of nitrogen functional groups attached to an aromatic ring is 1. The fourth-order valence-electron chi connectivity index (χ4n) is 6.48. The Kier molecular flexibility index (Phi) is 9.81. The van der Waals surface area contributed by atoms with Gasteiger partial charge in [0.1, 0.15) is 0 Å². The lowest BCUT2D eigenvalue weighted by atomic mass is 9.91. The molecule has 240 valence electrons. The van der Waals surface area contributed by atoms with Gasteiger partial charge in [0.15, 0.2) is 0 Å². The van der Waals surface area contributed by atoms with Gasteiger partial charge in [-0.15, -0.1) is 11.3 Å². The predicted molar refractivity (Wildman–Crippen MR) is 167 cm³/mol. The van der Waals surface area contributed by atoms with Crippen LogP contribution in [0.15, 0.2) is 27.4 Å². The lowest BCUT2D eigenvalue weighted by molar-refractivity contribution is -0.143. The second kappa shape index (κ2) is 13.3. The van der Waals surface area contributed by atoms with Gasteiger partial charge in [0.25, 0.3) is 0 Å². The third kappa shape index (κ3) is 7.17. The standard InChI is InChI=1S/C30H38BrF3N6O3S/c1-37(2)21-3-9-39(10-4-21)28(42)19(11-18-12-23(30(32,33)34)27(35)24(31)13-18)14-26(41)38-7-5-22(6-8-38)40-15-20-16-44-17-25(20)36-29(40)43/h12-13,16-17,19,21-22H,3-11,14-15,35H2,1-2H3,(H,36,43)/t19-/m0/s1. The number of fused-ring (bicyclic) bond motifs is 1. The van der Waals surface area contributed by atoms with Gasteiger partial charge in [-0.05, 0) is 85.2 Å². The SMILES string of the molecule is CN(C)C1CCN(C(=O)[C@H](CC(=O)N2CCC(N3Cc4cscc4NC3=O)CC2)Cc2cc(Br)c(N)c(C(F)(F)F)c2)CC1. The maximum absolute atomic E-state index is 13.8. The first-order valence-electron chi connectivity index (χ1n) is 14.8. The summed E-state index contributed by atoms with van der Waals surface area (Å²) in [4.78, 5) is 47.6. The predicted octanol–water partition coefficient (Wildman–Crippen LogP) is 5.25. The lowest BCUT2D eigenvalue weighted by Gasteiger charge is -2.40. The number of anilines is 2. The first-order valence-corrected chi connectivity index (χ1v) is 16.6. The number of amides is 4. The van der Waals surface area contributed by atoms with E-state index in [1.165, 1.54) is 6.07 Å². The van der Waals surface area contributed by atoms with Crippen LogP contribution in [0.25, 0.3) is 0 Å². The summed E-state index contributed by atoms with van der Waals surface area (Å²) in [5.74, 6) is -1.25. The minimum atomic E-state index is -4.66. The molecular weight excluding hydrogens is 661 g/mol. The van der Waals surface area contributed by atoms with Crippen LogP contribution in [0.4, 0.5) is 29.3 Å². The highest BCUT2D eigenvalue weighted by Crippen LogP contribution is 2.39. The van der Waals surface area contributed by atoms with Crippen molar-refractivity contribution in [3.63, 3.8) is 0 Å². The van der Waals surface area contributed by atoms with Crippen molar-refractivity contribution in [2.45, 2.75) is 63.3 Å². The quantitative estimate of drug-likeness (QED) is 0.385. The summed E-state index contributed by atoms with van der Waals surface area (Å²) in [5, 5.41) is 6.88. The number of carbonyl (C=O) groups is 3. The van der Waals surface area contributed by atoms with E-state index in [0.29, 0.717) is 51.6 Å². The number of rotatable bonds is 7. The number of hydrogen-bond donors (Lipinski definition) is 2. The van der Waals surface area contributed by atoms with Gasteiger partial charge in [-0.3, -0.25) is 9.59 Å². The zero-order valence-electron chi connectivity index (χ0n) is 24.8. The Labute approximate surface area is 267 Å². The van der Waals surface area contributed by atoms with E-state index in [1.807, 2.05) is 29.8 Å². The van der Waals surface area contributed by atoms with Crippen LogP contribution >= 0.6 is 27.3 Å². The molecule has 0 bridgehead atoms. The van der Waals surface area contributed by atoms with Gasteiger partial charge >= 0.3 is 12.2 Å². The second-order valence-electron chi connectivity index (χ2n) is 12.1. The van der Waals surface area contributed by atoms with Crippen molar-refractivity contribution in [1.82, 2.24) is 19.6 Å². The highest BCUT2D eigenvalue weighted by molar-refractivity contribution is 9.10. The summed E-state index contributed by atoms with van der Waals surface area (Å²) in [7, 11) is 4.00. The number of likely N-dealkylation sites (tertiary alicyclic amines) is 2. The number of nitrogens with two attached hydrogens (primary N) is 1. The first kappa shape index (κ1) is 32.6. The topological polar surface area (TPSA) is 102 Å². The van der Waals surface area contributed by atoms with Gasteiger partial charge in [-0.2, -0.15) is 13.2 Å². The number of alkyl halides is 3. The average Bonchev–Trinajstić information content (AvgIpc) is 3.44. The summed E-state index contributed by atoms with van der Waals surface area (Å²) >= 11 is 4.69. The van der Waals surface area contributed by atoms with E-state index in [-0.39, 0.29) is 46.8 Å². The third-order valence-corrected chi connectivity index (χ3v) is 10.5. The smallest absolute Gasteiger partial charge is 0.397 e. The Morgan fingerprint density at radius 3 is 2.39 bits per heavy atom. The number of halogens is 4. The van der Waals surface area contributed by atoms with E-state index in [0.717, 1.165) is 30.2 Å². The molecule has 3 aliphatic heterocycles. The number of carbonyl (C=O) groups excluding carboxylic acids is 3. The maximum Gasteiger partial charge on any atom is 0.418 e. The summed E-state index contributed by atoms with van der Waals surface area (Å²) in [6.07, 6.45) is -2.00. The molecule has 0 spiro atoms. The van der Waals surface area contributed by atoms with Crippen LogP contribution in [0.2, 0.25) is 0 Å². The van der Waals surface area contributed by atoms with Crippen LogP contribution in [-0.2, 0) is 28.7 Å². The molecule has 2 aromatic rings. The van der Waals surface area contributed by atoms with E-state index >= 15 is 0 Å². The van der Waals surface area contributed by atoms with Gasteiger partial charge in [0.05, 0.1) is 29.4 Å². The van der Waals surface area contributed by atoms with Crippen LogP contribution in [0.1, 0.15) is 48.8 Å². The number of piperidine rings is 2. The second-order valence-corrected chi connectivity index (χ2v) is 13.7. The zero-order valence-corrected chi connectivity index (χ0v) is 27.2. The molecule has 0 aliphatic carbocycles. The molecule has 0 saturated carbocycles. The fraction of sp³-hybridized carbons (Fsp3) is 0.567. The van der Waals surface area contributed by atoms with Gasteiger partial charge in [0.2, 0.25) is 11.8 Å². The van der Waals surface area contributed by atoms with E-state index in [1.54, 1.807) is 21.1 Å². The number of nitrogens with zero attached hydrogens (tertiary/aromatic N) is 4. The molecule has 1 aromatic heterocycles. The number of thiophene rings is 1. The third-order valence-electron chi connectivity index (χ3n) is 9.10. The van der Waals surface area contributed by atoms with E-state index < -0.39 is 23.3 Å². The van der Waals surface area contributed by atoms with E-state index in [2.05, 4.69) is 26.1 Å². The molecule has 44 heavy (non-hydrogen) atoms. The van der Waals surface area contributed by atoms with Gasteiger partial charge < -0.3 is 30.7 Å². The lowest BCUT2D eigenvalue weighted by Crippen LogP contribution is -2.51. The molecule has 4 amide bonds. The molecule has 1 aromatic carbocycles. The van der Waals surface area contributed by atoms with Crippen molar-refractivity contribution in [2.24, 2.45) is 5.92 Å². The minimum absolute atomic E-state index is 0.0181. The van der Waals surface area contributed by atoms with Gasteiger partial charge in [0, 0.05) is 60.1 Å². The number of urea groups is 1. The van der Waals surface area contributed by atoms with Crippen molar-refractivity contribution in [3.8, 4) is 0 Å². The molecular formula is C30H38BrF3N6O3S. The molecule has 2 saturated heterocycles. The monoisotopic (exact) mass is 698 g/mol. The Hall–Kier alpha value is -2.84. The van der Waals surface area contributed by atoms with Crippen molar-refractivity contribution in [2.75, 3.05) is 51.3 Å². The van der Waals surface area contributed by atoms with Crippen LogP contribution in [-0.4, -0.2) is 89.8 Å². The Balaban J connectivity index is 1.28. The van der Waals surface area contributed by atoms with Crippen LogP contribution in [0.5, 0.6) is 0 Å². The van der Waals surface area contributed by atoms with Crippen LogP contribution < -0.4 is 11.1 Å². The molecule has 4 heterocycles. The highest BCUT2D eigenvalue weighted by Gasteiger charge is 2.37. The maximum atomic E-state index is 13.8. The minimum Gasteiger partial charge on any atom is -0.397 e. The summed E-state index contributed by atoms with van der Waals surface area (Å²) in [6, 6.07) is 2.67. The summed E-state index contributed by atoms with van der Waals surface area (Å²) < 4.78 is 41.3. The molecule has 1 atom stereocenters. The van der Waals surface area contributed by atoms with Crippen molar-refractivity contribution in [3.05, 3.63) is 44.1 Å². The molecule has 0 radical (unpaired) electrons. The molecule has 9 nitrogen and oxygen atoms in total. The van der Waals surface area contributed by atoms with Gasteiger partial charge in [-0.1, -0.05) is 0 Å². The Morgan fingerprint density at radius 1 is 1.09 bits per heavy atom. The number of nitrogens with one attached hydrogen (secondary N) is 1. The summed E-state index contributed by atoms with van der Waals surface area (Å²) in [5.41, 5.74) is 6.55. The first-order chi connectivity index (χ1) is 20.8. The van der Waals surface area contributed by atoms with Crippen LogP contribution in [0.3, 0.4) is 0 Å². The van der Waals surface area contributed by atoms with Crippen LogP contribution in [0, 0.1) is 5.92 Å². The molecule has 14 heteroatoms. The van der Waals surface area contributed by atoms with Crippen molar-refractivity contribution in [1.29, 1.82) is 0 Å². The van der Waals surface area contributed by atoms with E-state index in [9.17, 15) is 27.6 Å². The highest BCUT2D eigenvalue weighted by atomic mass is 79.9. The molecule has 2 fully saturated rings. The van der Waals surface area contributed by atoms with E-state index in [4.69, 9.17) is 5.73 Å². The van der Waals surface area contributed by atoms with Crippen molar-refractivity contribution < 1.29 is 27.6 Å². The number of hydrogen-bond acceptors (Lipinski definition) is 6. The van der Waals surface area contributed by atoms with Gasteiger partial charge in [-0.25, -0.2) is 4.79 Å². The summed E-state index contributed by atoms with van der Waals surface area (Å²) in [6.45, 7) is 2.46. The average molecular weight is 700 g/mol. The normalized spacial score (nSPS) is 19.2. The molecule has 5 rings (SSSR count). The fourth-order valence-corrected chi connectivity index (χ4v) is 7.77. The Bertz CT molecular complexity index is 1390. The van der Waals surface area contributed by atoms with Crippen molar-refractivity contribution >= 4 is 56.5 Å². The molecule has 3 aliphatic rings. The Morgan fingerprint density at radius 2 is 1.75 bits per heavy atom. The zero-order chi connectivity index (χ0) is 31.8. The molecule has 0 unspecified atom stereocenters. The molecule has 3 N–H and O–H groups in total. The largest absolute Gasteiger partial charge is 0.418 e.